The quantitative estimate of drug-likeness (QED) is 0.904. The number of fused-ring (bicyclic) bond motifs is 1. The summed E-state index contributed by atoms with van der Waals surface area (Å²) in [6.07, 6.45) is 0. The Morgan fingerprint density at radius 2 is 1.79 bits per heavy atom. The van der Waals surface area contributed by atoms with Crippen molar-refractivity contribution in [1.82, 2.24) is 4.90 Å². The molecule has 0 radical (unpaired) electrons. The van der Waals surface area contributed by atoms with Gasteiger partial charge in [0.25, 0.3) is 0 Å². The molecule has 4 nitrogen and oxygen atoms in total. The normalized spacial score (nSPS) is 14.8. The second-order valence-electron chi connectivity index (χ2n) is 5.75. The summed E-state index contributed by atoms with van der Waals surface area (Å²) in [6, 6.07) is 4.08. The van der Waals surface area contributed by atoms with Gasteiger partial charge in [0, 0.05) is 12.1 Å². The van der Waals surface area contributed by atoms with Crippen molar-refractivity contribution in [2.24, 2.45) is 0 Å². The van der Waals surface area contributed by atoms with E-state index in [-0.39, 0.29) is 12.1 Å². The molecule has 1 aromatic carbocycles. The van der Waals surface area contributed by atoms with Gasteiger partial charge in [0.2, 0.25) is 0 Å². The third kappa shape index (κ3) is 3.01. The Hall–Kier alpha value is -1.26. The molecule has 0 amide bonds. The molecule has 0 spiro atoms. The summed E-state index contributed by atoms with van der Waals surface area (Å²) >= 11 is 0. The minimum atomic E-state index is -0.236. The Morgan fingerprint density at radius 3 is 2.37 bits per heavy atom. The van der Waals surface area contributed by atoms with Gasteiger partial charge in [-0.15, -0.1) is 0 Å². The van der Waals surface area contributed by atoms with Crippen LogP contribution in [0.3, 0.4) is 0 Å². The third-order valence-electron chi connectivity index (χ3n) is 3.83. The Bertz CT molecular complexity index is 457. The maximum Gasteiger partial charge on any atom is 0.161 e. The van der Waals surface area contributed by atoms with Gasteiger partial charge in [-0.3, -0.25) is 4.90 Å². The molecule has 0 saturated heterocycles. The maximum atomic E-state index is 9.42. The fourth-order valence-corrected chi connectivity index (χ4v) is 1.99. The predicted octanol–water partition coefficient (Wildman–Crippen LogP) is 1.97. The van der Waals surface area contributed by atoms with E-state index in [1.165, 1.54) is 11.1 Å². The van der Waals surface area contributed by atoms with E-state index >= 15 is 0 Å². The number of aliphatic hydroxyl groups is 1. The minimum absolute atomic E-state index is 0.132. The first-order chi connectivity index (χ1) is 8.94. The first-order valence-corrected chi connectivity index (χ1v) is 6.65. The first-order valence-electron chi connectivity index (χ1n) is 6.65. The van der Waals surface area contributed by atoms with Crippen molar-refractivity contribution in [2.45, 2.75) is 32.9 Å². The molecule has 0 bridgehead atoms. The highest BCUT2D eigenvalue weighted by atomic mass is 16.6. The van der Waals surface area contributed by atoms with Crippen molar-refractivity contribution in [1.29, 1.82) is 0 Å². The van der Waals surface area contributed by atoms with Crippen molar-refractivity contribution >= 4 is 0 Å². The number of ether oxygens (including phenoxy) is 2. The standard InChI is InChI=1S/C15H23NO3/c1-11-7-13-14(19-6-5-18-13)8-12(11)9-16(4)15(2,3)10-17/h7-8,17H,5-6,9-10H2,1-4H3. The van der Waals surface area contributed by atoms with Crippen LogP contribution in [0.15, 0.2) is 12.1 Å². The Balaban J connectivity index is 2.21. The molecule has 0 saturated carbocycles. The number of likely N-dealkylation sites (N-methyl/N-ethyl adjacent to an activating group) is 1. The highest BCUT2D eigenvalue weighted by molar-refractivity contribution is 5.47. The molecule has 4 heteroatoms. The smallest absolute Gasteiger partial charge is 0.161 e. The number of aliphatic hydroxyl groups excluding tert-OH is 1. The van der Waals surface area contributed by atoms with Gasteiger partial charge in [-0.1, -0.05) is 0 Å². The van der Waals surface area contributed by atoms with Crippen LogP contribution in [0.2, 0.25) is 0 Å². The zero-order valence-electron chi connectivity index (χ0n) is 12.2. The van der Waals surface area contributed by atoms with Crippen molar-refractivity contribution < 1.29 is 14.6 Å². The van der Waals surface area contributed by atoms with Gasteiger partial charge >= 0.3 is 0 Å². The molecule has 106 valence electrons. The SMILES string of the molecule is Cc1cc2c(cc1CN(C)C(C)(C)CO)OCCO2. The lowest BCUT2D eigenvalue weighted by atomic mass is 10.0. The molecule has 19 heavy (non-hydrogen) atoms. The summed E-state index contributed by atoms with van der Waals surface area (Å²) in [5, 5.41) is 9.42. The molecular weight excluding hydrogens is 242 g/mol. The van der Waals surface area contributed by atoms with Crippen LogP contribution in [0.25, 0.3) is 0 Å². The summed E-state index contributed by atoms with van der Waals surface area (Å²) in [7, 11) is 2.02. The summed E-state index contributed by atoms with van der Waals surface area (Å²) in [6.45, 7) is 8.26. The van der Waals surface area contributed by atoms with E-state index in [4.69, 9.17) is 9.47 Å². The summed E-state index contributed by atoms with van der Waals surface area (Å²) in [5.74, 6) is 1.65. The van der Waals surface area contributed by atoms with E-state index in [0.29, 0.717) is 13.2 Å². The highest BCUT2D eigenvalue weighted by Gasteiger charge is 2.23. The maximum absolute atomic E-state index is 9.42. The van der Waals surface area contributed by atoms with Gasteiger partial charge in [0.05, 0.1) is 6.61 Å². The van der Waals surface area contributed by atoms with E-state index in [1.54, 1.807) is 0 Å². The van der Waals surface area contributed by atoms with Gasteiger partial charge < -0.3 is 14.6 Å². The highest BCUT2D eigenvalue weighted by Crippen LogP contribution is 2.33. The predicted molar refractivity (Wildman–Crippen MR) is 74.8 cm³/mol. The lowest BCUT2D eigenvalue weighted by Gasteiger charge is -2.34. The average Bonchev–Trinajstić information content (AvgIpc) is 2.39. The molecule has 1 N–H and O–H groups in total. The zero-order chi connectivity index (χ0) is 14.0. The molecule has 0 atom stereocenters. The number of hydrogen-bond acceptors (Lipinski definition) is 4. The van der Waals surface area contributed by atoms with Crippen LogP contribution in [-0.2, 0) is 6.54 Å². The van der Waals surface area contributed by atoms with Crippen LogP contribution in [0, 0.1) is 6.92 Å². The molecular formula is C15H23NO3. The van der Waals surface area contributed by atoms with Gasteiger partial charge in [0.1, 0.15) is 13.2 Å². The van der Waals surface area contributed by atoms with Crippen LogP contribution in [0.1, 0.15) is 25.0 Å². The largest absolute Gasteiger partial charge is 0.486 e. The molecule has 1 aliphatic heterocycles. The number of nitrogens with zero attached hydrogens (tertiary/aromatic N) is 1. The Labute approximate surface area is 114 Å². The Kier molecular flexibility index (Phi) is 4.02. The molecule has 1 heterocycles. The molecule has 0 unspecified atom stereocenters. The van der Waals surface area contributed by atoms with Gasteiger partial charge in [0.15, 0.2) is 11.5 Å². The van der Waals surface area contributed by atoms with Crippen molar-refractivity contribution in [3.8, 4) is 11.5 Å². The second kappa shape index (κ2) is 5.39. The van der Waals surface area contributed by atoms with Gasteiger partial charge in [-0.2, -0.15) is 0 Å². The van der Waals surface area contributed by atoms with E-state index in [1.807, 2.05) is 33.0 Å². The average molecular weight is 265 g/mol. The minimum Gasteiger partial charge on any atom is -0.486 e. The van der Waals surface area contributed by atoms with Crippen molar-refractivity contribution in [2.75, 3.05) is 26.9 Å². The third-order valence-corrected chi connectivity index (χ3v) is 3.83. The number of aryl methyl sites for hydroxylation is 1. The van der Waals surface area contributed by atoms with E-state index in [0.717, 1.165) is 18.0 Å². The van der Waals surface area contributed by atoms with Crippen LogP contribution >= 0.6 is 0 Å². The zero-order valence-corrected chi connectivity index (χ0v) is 12.2. The van der Waals surface area contributed by atoms with Crippen LogP contribution < -0.4 is 9.47 Å². The lowest BCUT2D eigenvalue weighted by Crippen LogP contribution is -2.43. The lowest BCUT2D eigenvalue weighted by molar-refractivity contribution is 0.0730. The molecule has 0 fully saturated rings. The van der Waals surface area contributed by atoms with Crippen LogP contribution in [0.5, 0.6) is 11.5 Å². The van der Waals surface area contributed by atoms with Crippen LogP contribution in [0.4, 0.5) is 0 Å². The summed E-state index contributed by atoms with van der Waals surface area (Å²) in [4.78, 5) is 2.14. The topological polar surface area (TPSA) is 41.9 Å². The molecule has 1 aromatic rings. The van der Waals surface area contributed by atoms with Crippen molar-refractivity contribution in [3.05, 3.63) is 23.3 Å². The molecule has 0 aromatic heterocycles. The van der Waals surface area contributed by atoms with Gasteiger partial charge in [-0.25, -0.2) is 0 Å². The number of hydrogen-bond donors (Lipinski definition) is 1. The molecule has 2 rings (SSSR count). The first kappa shape index (κ1) is 14.2. The number of benzene rings is 1. The molecule has 0 aliphatic carbocycles. The summed E-state index contributed by atoms with van der Waals surface area (Å²) < 4.78 is 11.2. The van der Waals surface area contributed by atoms with E-state index in [9.17, 15) is 5.11 Å². The van der Waals surface area contributed by atoms with Gasteiger partial charge in [-0.05, 0) is 51.1 Å². The molecule has 1 aliphatic rings. The number of rotatable bonds is 4. The monoisotopic (exact) mass is 265 g/mol. The van der Waals surface area contributed by atoms with Crippen molar-refractivity contribution in [3.63, 3.8) is 0 Å². The fourth-order valence-electron chi connectivity index (χ4n) is 1.99. The van der Waals surface area contributed by atoms with Crippen LogP contribution in [-0.4, -0.2) is 42.4 Å². The van der Waals surface area contributed by atoms with E-state index in [2.05, 4.69) is 11.8 Å². The Morgan fingerprint density at radius 1 is 1.21 bits per heavy atom. The second-order valence-corrected chi connectivity index (χ2v) is 5.75. The fraction of sp³-hybridized carbons (Fsp3) is 0.600. The summed E-state index contributed by atoms with van der Waals surface area (Å²) in [5.41, 5.74) is 2.15. The van der Waals surface area contributed by atoms with E-state index < -0.39 is 0 Å².